The Labute approximate surface area is 121 Å². The molecule has 0 saturated heterocycles. The molecule has 2 heterocycles. The van der Waals surface area contributed by atoms with Crippen molar-refractivity contribution in [3.8, 4) is 0 Å². The van der Waals surface area contributed by atoms with Gasteiger partial charge in [0.25, 0.3) is 10.0 Å². The predicted molar refractivity (Wildman–Crippen MR) is 74.6 cm³/mol. The first-order chi connectivity index (χ1) is 9.80. The third-order valence-corrected chi connectivity index (χ3v) is 5.92. The van der Waals surface area contributed by atoms with Crippen molar-refractivity contribution in [1.29, 1.82) is 0 Å². The average molecular weight is 328 g/mol. The molecule has 0 unspecified atom stereocenters. The second-order valence-electron chi connectivity index (χ2n) is 4.58. The molecule has 21 heavy (non-hydrogen) atoms. The molecule has 1 aliphatic heterocycles. The second kappa shape index (κ2) is 4.55. The summed E-state index contributed by atoms with van der Waals surface area (Å²) in [7, 11) is -7.53. The number of nitrogens with zero attached hydrogens (tertiary/aromatic N) is 2. The predicted octanol–water partition coefficient (Wildman–Crippen LogP) is -0.191. The van der Waals surface area contributed by atoms with Gasteiger partial charge in [0, 0.05) is 6.54 Å². The molecule has 0 bridgehead atoms. The van der Waals surface area contributed by atoms with Crippen LogP contribution < -0.4 is 9.44 Å². The topological polar surface area (TPSA) is 126 Å². The van der Waals surface area contributed by atoms with Crippen LogP contribution in [0.1, 0.15) is 5.56 Å². The van der Waals surface area contributed by atoms with Gasteiger partial charge in [0.1, 0.15) is 0 Å². The summed E-state index contributed by atoms with van der Waals surface area (Å²) in [6, 6.07) is 4.16. The zero-order chi connectivity index (χ0) is 15.3. The summed E-state index contributed by atoms with van der Waals surface area (Å²) >= 11 is 0. The summed E-state index contributed by atoms with van der Waals surface area (Å²) in [6.45, 7) is 0.241. The van der Waals surface area contributed by atoms with E-state index in [0.29, 0.717) is 17.7 Å². The number of hydrogen-bond donors (Lipinski definition) is 2. The molecule has 1 aliphatic rings. The van der Waals surface area contributed by atoms with Crippen LogP contribution in [0.5, 0.6) is 0 Å². The molecule has 1 aromatic heterocycles. The summed E-state index contributed by atoms with van der Waals surface area (Å²) in [4.78, 5) is 6.24. The summed E-state index contributed by atoms with van der Waals surface area (Å²) in [5, 5.41) is 5.07. The van der Waals surface area contributed by atoms with Gasteiger partial charge in [-0.3, -0.25) is 4.31 Å². The molecule has 0 aliphatic carbocycles. The summed E-state index contributed by atoms with van der Waals surface area (Å²) < 4.78 is 48.8. The first kappa shape index (κ1) is 14.0. The molecule has 3 rings (SSSR count). The van der Waals surface area contributed by atoms with E-state index in [-0.39, 0.29) is 16.5 Å². The number of hydrogen-bond acceptors (Lipinski definition) is 5. The van der Waals surface area contributed by atoms with E-state index in [1.165, 1.54) is 35.0 Å². The quantitative estimate of drug-likeness (QED) is 0.807. The SMILES string of the molecule is NS(=O)(=O)c1ccc2c(c1)CCN2S(=O)(=O)c1cnc[nH]1. The number of rotatable bonds is 3. The van der Waals surface area contributed by atoms with Gasteiger partial charge in [-0.05, 0) is 30.2 Å². The molecule has 1 aromatic carbocycles. The second-order valence-corrected chi connectivity index (χ2v) is 7.97. The van der Waals surface area contributed by atoms with Crippen LogP contribution in [0.4, 0.5) is 5.69 Å². The molecular weight excluding hydrogens is 316 g/mol. The number of nitrogens with two attached hydrogens (primary N) is 1. The van der Waals surface area contributed by atoms with Gasteiger partial charge >= 0.3 is 0 Å². The minimum atomic E-state index is -3.80. The number of aromatic nitrogens is 2. The van der Waals surface area contributed by atoms with Crippen molar-refractivity contribution < 1.29 is 16.8 Å². The fourth-order valence-corrected chi connectivity index (χ4v) is 4.24. The van der Waals surface area contributed by atoms with Crippen LogP contribution in [-0.4, -0.2) is 33.3 Å². The van der Waals surface area contributed by atoms with Gasteiger partial charge in [-0.15, -0.1) is 0 Å². The zero-order valence-corrected chi connectivity index (χ0v) is 12.4. The van der Waals surface area contributed by atoms with Crippen LogP contribution >= 0.6 is 0 Å². The van der Waals surface area contributed by atoms with Crippen molar-refractivity contribution in [3.05, 3.63) is 36.3 Å². The number of benzene rings is 1. The van der Waals surface area contributed by atoms with Gasteiger partial charge in [0.15, 0.2) is 5.03 Å². The number of imidazole rings is 1. The summed E-state index contributed by atoms with van der Waals surface area (Å²) in [6.07, 6.45) is 2.94. The first-order valence-corrected chi connectivity index (χ1v) is 8.95. The highest BCUT2D eigenvalue weighted by atomic mass is 32.2. The van der Waals surface area contributed by atoms with Crippen molar-refractivity contribution in [2.24, 2.45) is 5.14 Å². The van der Waals surface area contributed by atoms with E-state index >= 15 is 0 Å². The highest BCUT2D eigenvalue weighted by molar-refractivity contribution is 7.92. The lowest BCUT2D eigenvalue weighted by Crippen LogP contribution is -2.29. The number of H-pyrrole nitrogens is 1. The van der Waals surface area contributed by atoms with Crippen LogP contribution in [0.25, 0.3) is 0 Å². The molecule has 0 atom stereocenters. The third kappa shape index (κ3) is 2.30. The Balaban J connectivity index is 2.06. The molecule has 0 saturated carbocycles. The fourth-order valence-electron chi connectivity index (χ4n) is 2.28. The third-order valence-electron chi connectivity index (χ3n) is 3.27. The van der Waals surface area contributed by atoms with Gasteiger partial charge in [-0.2, -0.15) is 8.42 Å². The molecule has 112 valence electrons. The largest absolute Gasteiger partial charge is 0.334 e. The minimum Gasteiger partial charge on any atom is -0.334 e. The standard InChI is InChI=1S/C11H12N4O4S2/c12-20(16,17)9-1-2-10-8(5-9)3-4-15(10)21(18,19)11-6-13-7-14-11/h1-2,5-7H,3-4H2,(H,13,14)(H2,12,16,17). The Morgan fingerprint density at radius 1 is 1.24 bits per heavy atom. The molecule has 0 spiro atoms. The molecular formula is C11H12N4O4S2. The average Bonchev–Trinajstić information content (AvgIpc) is 3.07. The highest BCUT2D eigenvalue weighted by Crippen LogP contribution is 2.33. The van der Waals surface area contributed by atoms with Crippen LogP contribution in [0, 0.1) is 0 Å². The maximum Gasteiger partial charge on any atom is 0.281 e. The molecule has 0 amide bonds. The van der Waals surface area contributed by atoms with Crippen LogP contribution in [-0.2, 0) is 26.5 Å². The van der Waals surface area contributed by atoms with Crippen molar-refractivity contribution in [1.82, 2.24) is 9.97 Å². The Kier molecular flexibility index (Phi) is 3.04. The Morgan fingerprint density at radius 2 is 2.00 bits per heavy atom. The number of aromatic amines is 1. The van der Waals surface area contributed by atoms with Crippen molar-refractivity contribution in [3.63, 3.8) is 0 Å². The molecule has 0 fully saturated rings. The lowest BCUT2D eigenvalue weighted by Gasteiger charge is -2.18. The van der Waals surface area contributed by atoms with E-state index in [1.807, 2.05) is 0 Å². The fraction of sp³-hybridized carbons (Fsp3) is 0.182. The minimum absolute atomic E-state index is 0.00845. The zero-order valence-electron chi connectivity index (χ0n) is 10.7. The van der Waals surface area contributed by atoms with E-state index in [1.54, 1.807) is 0 Å². The normalized spacial score (nSPS) is 15.2. The van der Waals surface area contributed by atoms with Gasteiger partial charge in [-0.25, -0.2) is 18.5 Å². The summed E-state index contributed by atoms with van der Waals surface area (Å²) in [5.41, 5.74) is 1.08. The Bertz CT molecular complexity index is 888. The van der Waals surface area contributed by atoms with Gasteiger partial charge in [0.2, 0.25) is 10.0 Å². The first-order valence-electron chi connectivity index (χ1n) is 5.97. The van der Waals surface area contributed by atoms with Crippen molar-refractivity contribution in [2.45, 2.75) is 16.3 Å². The van der Waals surface area contributed by atoms with Crippen molar-refractivity contribution in [2.75, 3.05) is 10.8 Å². The lowest BCUT2D eigenvalue weighted by molar-refractivity contribution is 0.589. The number of fused-ring (bicyclic) bond motifs is 1. The van der Waals surface area contributed by atoms with Crippen LogP contribution in [0.2, 0.25) is 0 Å². The maximum absolute atomic E-state index is 12.5. The Morgan fingerprint density at radius 3 is 2.62 bits per heavy atom. The number of primary sulfonamides is 1. The molecule has 0 radical (unpaired) electrons. The van der Waals surface area contributed by atoms with Crippen molar-refractivity contribution >= 4 is 25.7 Å². The van der Waals surface area contributed by atoms with Gasteiger partial charge in [-0.1, -0.05) is 0 Å². The molecule has 3 N–H and O–H groups in total. The molecule has 10 heteroatoms. The van der Waals surface area contributed by atoms with E-state index in [0.717, 1.165) is 0 Å². The van der Waals surface area contributed by atoms with Gasteiger partial charge < -0.3 is 4.98 Å². The molecule has 8 nitrogen and oxygen atoms in total. The number of anilines is 1. The number of sulfonamides is 2. The Hall–Kier alpha value is -1.91. The lowest BCUT2D eigenvalue weighted by atomic mass is 10.2. The molecule has 2 aromatic rings. The monoisotopic (exact) mass is 328 g/mol. The maximum atomic E-state index is 12.5. The van der Waals surface area contributed by atoms with Crippen LogP contribution in [0.3, 0.4) is 0 Å². The van der Waals surface area contributed by atoms with Gasteiger partial charge in [0.05, 0.1) is 23.1 Å². The van der Waals surface area contributed by atoms with E-state index in [2.05, 4.69) is 9.97 Å². The number of nitrogens with one attached hydrogen (secondary N) is 1. The summed E-state index contributed by atoms with van der Waals surface area (Å²) in [5.74, 6) is 0. The van der Waals surface area contributed by atoms with E-state index in [4.69, 9.17) is 5.14 Å². The smallest absolute Gasteiger partial charge is 0.281 e. The highest BCUT2D eigenvalue weighted by Gasteiger charge is 2.32. The van der Waals surface area contributed by atoms with E-state index < -0.39 is 20.0 Å². The van der Waals surface area contributed by atoms with E-state index in [9.17, 15) is 16.8 Å². The van der Waals surface area contributed by atoms with Crippen LogP contribution in [0.15, 0.2) is 40.6 Å².